The summed E-state index contributed by atoms with van der Waals surface area (Å²) < 4.78 is 12.3. The van der Waals surface area contributed by atoms with Crippen molar-refractivity contribution in [1.29, 1.82) is 0 Å². The number of nitrogens with zero attached hydrogens (tertiary/aromatic N) is 3. The Balaban J connectivity index is 1.61. The predicted octanol–water partition coefficient (Wildman–Crippen LogP) is 2.81. The number of hydrogen-bond acceptors (Lipinski definition) is 8. The van der Waals surface area contributed by atoms with Gasteiger partial charge in [-0.05, 0) is 57.9 Å². The molecule has 12 heteroatoms. The molecule has 7 atom stereocenters. The Morgan fingerprint density at radius 1 is 1.20 bits per heavy atom. The number of benzene rings is 1. The Labute approximate surface area is 273 Å². The first-order valence-corrected chi connectivity index (χ1v) is 16.6. The maximum atomic E-state index is 14.5. The number of aliphatic hydroxyl groups excluding tert-OH is 1. The van der Waals surface area contributed by atoms with E-state index in [9.17, 15) is 24.3 Å². The normalized spacial score (nSPS) is 27.1. The first-order chi connectivity index (χ1) is 21.6. The predicted molar refractivity (Wildman–Crippen MR) is 175 cm³/mol. The van der Waals surface area contributed by atoms with E-state index in [0.29, 0.717) is 18.5 Å². The number of β-amino-alcohol motifs (C(OH)–C–C–N with tert-alkyl or cyclic N) is 1. The van der Waals surface area contributed by atoms with Crippen LogP contribution in [0.3, 0.4) is 0 Å². The molecule has 4 rings (SSSR count). The van der Waals surface area contributed by atoms with E-state index < -0.39 is 47.6 Å². The summed E-state index contributed by atoms with van der Waals surface area (Å²) in [4.78, 5) is 59.1. The third-order valence-electron chi connectivity index (χ3n) is 8.98. The van der Waals surface area contributed by atoms with Crippen LogP contribution in [0, 0.1) is 11.8 Å². The van der Waals surface area contributed by atoms with Gasteiger partial charge in [-0.25, -0.2) is 0 Å². The Morgan fingerprint density at radius 3 is 2.47 bits per heavy atom. The maximum absolute atomic E-state index is 14.5. The number of anilines is 2. The number of halogens is 1. The smallest absolute Gasteiger partial charge is 0.312 e. The lowest BCUT2D eigenvalue weighted by Crippen LogP contribution is -2.57. The van der Waals surface area contributed by atoms with E-state index in [-0.39, 0.29) is 49.3 Å². The van der Waals surface area contributed by atoms with E-state index in [2.05, 4.69) is 53.2 Å². The van der Waals surface area contributed by atoms with Gasteiger partial charge >= 0.3 is 5.97 Å². The third kappa shape index (κ3) is 6.69. The monoisotopic (exact) mass is 688 g/mol. The molecule has 0 saturated carbocycles. The van der Waals surface area contributed by atoms with Gasteiger partial charge in [0.1, 0.15) is 17.7 Å². The summed E-state index contributed by atoms with van der Waals surface area (Å²) in [6.45, 7) is 14.8. The minimum atomic E-state index is -1.30. The van der Waals surface area contributed by atoms with Crippen LogP contribution in [0.15, 0.2) is 49.6 Å². The maximum Gasteiger partial charge on any atom is 0.312 e. The molecular weight excluding hydrogens is 644 g/mol. The number of aliphatic hydroxyl groups is 1. The highest BCUT2D eigenvalue weighted by Crippen LogP contribution is 2.60. The lowest BCUT2D eigenvalue weighted by molar-refractivity contribution is -0.159. The second-order valence-electron chi connectivity index (χ2n) is 11.7. The summed E-state index contributed by atoms with van der Waals surface area (Å²) in [6.07, 6.45) is 3.08. The van der Waals surface area contributed by atoms with Crippen LogP contribution in [0.25, 0.3) is 0 Å². The number of rotatable bonds is 16. The number of likely N-dealkylation sites (tertiary alicyclic amines) is 1. The number of hydrogen-bond donors (Lipinski definition) is 2. The highest BCUT2D eigenvalue weighted by molar-refractivity contribution is 9.09. The summed E-state index contributed by atoms with van der Waals surface area (Å²) in [5.41, 5.74) is 0.363. The van der Waals surface area contributed by atoms with E-state index in [4.69, 9.17) is 9.47 Å². The second-order valence-corrected chi connectivity index (χ2v) is 12.9. The van der Waals surface area contributed by atoms with Crippen molar-refractivity contribution >= 4 is 51.0 Å². The molecule has 1 spiro atoms. The largest absolute Gasteiger partial charge is 0.460 e. The molecule has 3 saturated heterocycles. The van der Waals surface area contributed by atoms with Crippen LogP contribution >= 0.6 is 15.9 Å². The van der Waals surface area contributed by atoms with Crippen molar-refractivity contribution in [3.8, 4) is 0 Å². The van der Waals surface area contributed by atoms with E-state index in [1.54, 1.807) is 24.0 Å². The van der Waals surface area contributed by atoms with Crippen molar-refractivity contribution in [3.63, 3.8) is 0 Å². The van der Waals surface area contributed by atoms with Gasteiger partial charge in [0.05, 0.1) is 31.1 Å². The highest BCUT2D eigenvalue weighted by atomic mass is 79.9. The molecule has 2 N–H and O–H groups in total. The number of alkyl halides is 1. The number of amides is 3. The topological polar surface area (TPSA) is 129 Å². The first kappa shape index (κ1) is 34.6. The van der Waals surface area contributed by atoms with Crippen molar-refractivity contribution in [2.45, 2.75) is 68.7 Å². The summed E-state index contributed by atoms with van der Waals surface area (Å²) in [5, 5.41) is 12.7. The van der Waals surface area contributed by atoms with Gasteiger partial charge in [0.2, 0.25) is 11.8 Å². The molecule has 3 fully saturated rings. The van der Waals surface area contributed by atoms with Gasteiger partial charge in [0.25, 0.3) is 5.91 Å². The zero-order chi connectivity index (χ0) is 32.9. The van der Waals surface area contributed by atoms with Crippen molar-refractivity contribution in [3.05, 3.63) is 49.6 Å². The molecule has 3 aliphatic rings. The van der Waals surface area contributed by atoms with Crippen LogP contribution < -0.4 is 15.1 Å². The molecule has 246 valence electrons. The minimum absolute atomic E-state index is 0.0911. The molecule has 0 aliphatic carbocycles. The number of ether oxygens (including phenoxy) is 2. The standard InChI is InChI=1S/C33H45BrN4O7/c1-6-10-11-25(40)35-20-21(5)44-32(43)26-27-30(41)38(17-18-39)29(33(27)19-24(34)28(26)45-33)31(42)37(16-7-2)23-14-12-22(13-15-23)36(8-3)9-4/h6-7,12-15,21,24,26-29,39H,1-2,8-11,16-20H2,3-5H3,(H,35,40)/t21-,24?,26-,27+,28-,29-,33+/m0/s1. The second kappa shape index (κ2) is 14.9. The molecule has 3 heterocycles. The molecule has 3 aliphatic heterocycles. The fraction of sp³-hybridized carbons (Fsp3) is 0.576. The van der Waals surface area contributed by atoms with E-state index in [0.717, 1.165) is 18.8 Å². The fourth-order valence-corrected chi connectivity index (χ4v) is 7.90. The number of esters is 1. The molecule has 1 unspecified atom stereocenters. The van der Waals surface area contributed by atoms with Crippen molar-refractivity contribution < 1.29 is 33.8 Å². The Bertz CT molecular complexity index is 1270. The van der Waals surface area contributed by atoms with E-state index >= 15 is 0 Å². The van der Waals surface area contributed by atoms with Crippen LogP contribution in [0.4, 0.5) is 11.4 Å². The molecule has 0 aromatic heterocycles. The lowest BCUT2D eigenvalue weighted by atomic mass is 9.70. The molecule has 2 bridgehead atoms. The molecule has 1 aromatic rings. The van der Waals surface area contributed by atoms with E-state index in [1.165, 1.54) is 4.90 Å². The number of nitrogens with one attached hydrogen (secondary N) is 1. The van der Waals surface area contributed by atoms with Gasteiger partial charge in [-0.3, -0.25) is 19.2 Å². The summed E-state index contributed by atoms with van der Waals surface area (Å²) in [6, 6.07) is 6.58. The molecule has 0 radical (unpaired) electrons. The van der Waals surface area contributed by atoms with Crippen LogP contribution in [-0.4, -0.2) is 102 Å². The lowest BCUT2D eigenvalue weighted by Gasteiger charge is -2.37. The van der Waals surface area contributed by atoms with E-state index in [1.807, 2.05) is 24.3 Å². The van der Waals surface area contributed by atoms with Crippen molar-refractivity contribution in [2.24, 2.45) is 11.8 Å². The molecule has 11 nitrogen and oxygen atoms in total. The van der Waals surface area contributed by atoms with Gasteiger partial charge in [-0.15, -0.1) is 13.2 Å². The zero-order valence-electron chi connectivity index (χ0n) is 26.3. The first-order valence-electron chi connectivity index (χ1n) is 15.7. The van der Waals surface area contributed by atoms with Crippen LogP contribution in [-0.2, 0) is 28.7 Å². The fourth-order valence-electron chi connectivity index (χ4n) is 6.96. The summed E-state index contributed by atoms with van der Waals surface area (Å²) in [5.74, 6) is -3.53. The van der Waals surface area contributed by atoms with Gasteiger partial charge in [-0.1, -0.05) is 28.1 Å². The Morgan fingerprint density at radius 2 is 1.87 bits per heavy atom. The van der Waals surface area contributed by atoms with Crippen molar-refractivity contribution in [2.75, 3.05) is 49.1 Å². The minimum Gasteiger partial charge on any atom is -0.460 e. The molecule has 45 heavy (non-hydrogen) atoms. The summed E-state index contributed by atoms with van der Waals surface area (Å²) in [7, 11) is 0. The Kier molecular flexibility index (Phi) is 11.5. The molecule has 3 amide bonds. The van der Waals surface area contributed by atoms with Gasteiger partial charge in [-0.2, -0.15) is 0 Å². The zero-order valence-corrected chi connectivity index (χ0v) is 27.9. The van der Waals surface area contributed by atoms with Gasteiger partial charge < -0.3 is 34.6 Å². The van der Waals surface area contributed by atoms with Crippen LogP contribution in [0.5, 0.6) is 0 Å². The number of fused-ring (bicyclic) bond motifs is 1. The average molecular weight is 690 g/mol. The number of carbonyl (C=O) groups excluding carboxylic acids is 4. The third-order valence-corrected chi connectivity index (χ3v) is 9.83. The average Bonchev–Trinajstić information content (AvgIpc) is 3.62. The molecular formula is C33H45BrN4O7. The molecule has 1 aromatic carbocycles. The quantitative estimate of drug-likeness (QED) is 0.154. The SMILES string of the molecule is C=CCCC(=O)NC[C@H](C)OC(=O)[C@@H]1[C@H]2O[C@@]3(CC2Br)[C@H](C(=O)N(CC=C)c2ccc(N(CC)CC)cc2)N(CCO)C(=O)[C@@H]13. The van der Waals surface area contributed by atoms with Crippen molar-refractivity contribution in [1.82, 2.24) is 10.2 Å². The van der Waals surface area contributed by atoms with Crippen LogP contribution in [0.2, 0.25) is 0 Å². The van der Waals surface area contributed by atoms with Crippen LogP contribution in [0.1, 0.15) is 40.0 Å². The van der Waals surface area contributed by atoms with Gasteiger partial charge in [0, 0.05) is 48.8 Å². The van der Waals surface area contributed by atoms with Gasteiger partial charge in [0.15, 0.2) is 0 Å². The number of carbonyl (C=O) groups is 4. The number of allylic oxidation sites excluding steroid dienone is 1. The highest BCUT2D eigenvalue weighted by Gasteiger charge is 2.77. The Hall–Kier alpha value is -3.22. The summed E-state index contributed by atoms with van der Waals surface area (Å²) >= 11 is 3.66.